The van der Waals surface area contributed by atoms with E-state index >= 15 is 0 Å². The minimum absolute atomic E-state index is 0.0378. The van der Waals surface area contributed by atoms with Crippen molar-refractivity contribution in [1.82, 2.24) is 9.88 Å². The van der Waals surface area contributed by atoms with Gasteiger partial charge in [-0.15, -0.1) is 0 Å². The second-order valence-electron chi connectivity index (χ2n) is 10.7. The molecule has 8 nitrogen and oxygen atoms in total. The Morgan fingerprint density at radius 1 is 1.31 bits per heavy atom. The third-order valence-corrected chi connectivity index (χ3v) is 7.18. The van der Waals surface area contributed by atoms with Crippen LogP contribution in [0, 0.1) is 5.92 Å². The van der Waals surface area contributed by atoms with E-state index in [1.165, 1.54) is 12.1 Å². The van der Waals surface area contributed by atoms with Crippen LogP contribution in [0.1, 0.15) is 65.6 Å². The summed E-state index contributed by atoms with van der Waals surface area (Å²) in [5, 5.41) is 9.24. The average Bonchev–Trinajstić information content (AvgIpc) is 3.04. The lowest BCUT2D eigenvalue weighted by atomic mass is 9.91. The molecule has 0 saturated carbocycles. The number of likely N-dealkylation sites (tertiary alicyclic amines) is 1. The minimum Gasteiger partial charge on any atom is -0.444 e. The molecule has 1 aromatic carbocycles. The van der Waals surface area contributed by atoms with E-state index in [1.54, 1.807) is 24.4 Å². The number of primary sulfonamides is 1. The van der Waals surface area contributed by atoms with Crippen molar-refractivity contribution in [1.29, 1.82) is 0 Å². The monoisotopic (exact) mass is 522 g/mol. The first-order valence-electron chi connectivity index (χ1n) is 11.7. The average molecular weight is 523 g/mol. The van der Waals surface area contributed by atoms with Crippen molar-refractivity contribution in [3.8, 4) is 0 Å². The number of nitrogens with one attached hydrogen (secondary N) is 1. The summed E-state index contributed by atoms with van der Waals surface area (Å²) in [6, 6.07) is 9.86. The molecule has 2 atom stereocenters. The topological polar surface area (TPSA) is 115 Å². The molecule has 1 aliphatic heterocycles. The first kappa shape index (κ1) is 27.2. The van der Waals surface area contributed by atoms with Crippen molar-refractivity contribution >= 4 is 33.4 Å². The molecule has 1 aliphatic rings. The van der Waals surface area contributed by atoms with Crippen LogP contribution in [0.2, 0.25) is 5.02 Å². The van der Waals surface area contributed by atoms with Gasteiger partial charge >= 0.3 is 6.09 Å². The molecule has 2 heterocycles. The summed E-state index contributed by atoms with van der Waals surface area (Å²) in [4.78, 5) is 19.1. The molecule has 35 heavy (non-hydrogen) atoms. The van der Waals surface area contributed by atoms with Crippen molar-refractivity contribution in [2.45, 2.75) is 76.0 Å². The highest BCUT2D eigenvalue weighted by molar-refractivity contribution is 7.89. The number of anilines is 1. The van der Waals surface area contributed by atoms with Crippen LogP contribution in [0.5, 0.6) is 0 Å². The summed E-state index contributed by atoms with van der Waals surface area (Å²) < 4.78 is 29.2. The highest BCUT2D eigenvalue weighted by atomic mass is 35.5. The maximum Gasteiger partial charge on any atom is 0.410 e. The van der Waals surface area contributed by atoms with Gasteiger partial charge in [0.2, 0.25) is 10.0 Å². The van der Waals surface area contributed by atoms with E-state index in [9.17, 15) is 13.2 Å². The second kappa shape index (κ2) is 10.3. The van der Waals surface area contributed by atoms with Crippen molar-refractivity contribution in [3.63, 3.8) is 0 Å². The smallest absolute Gasteiger partial charge is 0.410 e. The number of aromatic nitrogens is 1. The molecule has 3 rings (SSSR count). The molecule has 1 unspecified atom stereocenters. The SMILES string of the molecule is CC(C)(C)OC(=O)N1C[C@@H](CCC(Nc2cccc(S(N)(=O)=O)c2)c2ccc(Cl)cn2)CC1(C)C. The predicted molar refractivity (Wildman–Crippen MR) is 138 cm³/mol. The third kappa shape index (κ3) is 7.56. The Morgan fingerprint density at radius 3 is 2.63 bits per heavy atom. The van der Waals surface area contributed by atoms with E-state index in [0.717, 1.165) is 25.0 Å². The lowest BCUT2D eigenvalue weighted by molar-refractivity contribution is 0.0130. The molecule has 1 amide bonds. The molecule has 0 radical (unpaired) electrons. The Bertz CT molecular complexity index is 1150. The van der Waals surface area contributed by atoms with Crippen LogP contribution in [0.15, 0.2) is 47.5 Å². The van der Waals surface area contributed by atoms with Gasteiger partial charge in [0.05, 0.1) is 21.7 Å². The van der Waals surface area contributed by atoms with Gasteiger partial charge < -0.3 is 15.0 Å². The zero-order valence-corrected chi connectivity index (χ0v) is 22.5. The number of sulfonamides is 1. The van der Waals surface area contributed by atoms with E-state index in [-0.39, 0.29) is 28.5 Å². The number of hydrogen-bond donors (Lipinski definition) is 2. The van der Waals surface area contributed by atoms with Crippen molar-refractivity contribution in [3.05, 3.63) is 53.3 Å². The van der Waals surface area contributed by atoms with Crippen LogP contribution >= 0.6 is 11.6 Å². The summed E-state index contributed by atoms with van der Waals surface area (Å²) in [5.41, 5.74) is 0.557. The van der Waals surface area contributed by atoms with Crippen LogP contribution in [-0.2, 0) is 14.8 Å². The van der Waals surface area contributed by atoms with Gasteiger partial charge in [0.25, 0.3) is 0 Å². The van der Waals surface area contributed by atoms with E-state index in [2.05, 4.69) is 24.1 Å². The van der Waals surface area contributed by atoms with Crippen molar-refractivity contribution in [2.75, 3.05) is 11.9 Å². The quantitative estimate of drug-likeness (QED) is 0.506. The Hall–Kier alpha value is -2.36. The lowest BCUT2D eigenvalue weighted by Crippen LogP contribution is -2.45. The number of rotatable bonds is 7. The zero-order chi connectivity index (χ0) is 26.0. The van der Waals surface area contributed by atoms with Crippen LogP contribution in [0.4, 0.5) is 10.5 Å². The van der Waals surface area contributed by atoms with E-state index in [0.29, 0.717) is 17.3 Å². The number of carbonyl (C=O) groups excluding carboxylic acids is 1. The van der Waals surface area contributed by atoms with Crippen LogP contribution < -0.4 is 10.5 Å². The fourth-order valence-corrected chi connectivity index (χ4v) is 5.14. The molecule has 1 fully saturated rings. The number of nitrogens with two attached hydrogens (primary N) is 1. The molecule has 3 N–H and O–H groups in total. The first-order chi connectivity index (χ1) is 16.1. The van der Waals surface area contributed by atoms with Crippen LogP contribution in [-0.4, -0.2) is 42.1 Å². The van der Waals surface area contributed by atoms with E-state index in [4.69, 9.17) is 21.5 Å². The molecule has 10 heteroatoms. The molecule has 192 valence electrons. The van der Waals surface area contributed by atoms with Gasteiger partial charge in [0.1, 0.15) is 5.60 Å². The summed E-state index contributed by atoms with van der Waals surface area (Å²) in [6.45, 7) is 10.3. The maximum absolute atomic E-state index is 12.8. The fourth-order valence-electron chi connectivity index (χ4n) is 4.47. The zero-order valence-electron chi connectivity index (χ0n) is 20.9. The molecule has 0 aliphatic carbocycles. The number of pyridine rings is 1. The molecule has 0 spiro atoms. The van der Waals surface area contributed by atoms with Crippen molar-refractivity contribution in [2.24, 2.45) is 11.1 Å². The highest BCUT2D eigenvalue weighted by Gasteiger charge is 2.42. The van der Waals surface area contributed by atoms with Gasteiger partial charge in [-0.3, -0.25) is 4.98 Å². The summed E-state index contributed by atoms with van der Waals surface area (Å²) in [7, 11) is -3.82. The van der Waals surface area contributed by atoms with E-state index in [1.807, 2.05) is 31.7 Å². The van der Waals surface area contributed by atoms with Gasteiger partial charge in [-0.2, -0.15) is 0 Å². The minimum atomic E-state index is -3.82. The fraction of sp³-hybridized carbons (Fsp3) is 0.520. The third-order valence-electron chi connectivity index (χ3n) is 6.05. The number of nitrogens with zero attached hydrogens (tertiary/aromatic N) is 2. The maximum atomic E-state index is 12.8. The van der Waals surface area contributed by atoms with Gasteiger partial charge in [0.15, 0.2) is 0 Å². The van der Waals surface area contributed by atoms with Gasteiger partial charge in [0, 0.05) is 24.0 Å². The first-order valence-corrected chi connectivity index (χ1v) is 13.6. The Morgan fingerprint density at radius 2 is 2.03 bits per heavy atom. The molecule has 1 aromatic heterocycles. The van der Waals surface area contributed by atoms with E-state index < -0.39 is 15.6 Å². The number of hydrogen-bond acceptors (Lipinski definition) is 6. The number of carbonyl (C=O) groups is 1. The molecular weight excluding hydrogens is 488 g/mol. The van der Waals surface area contributed by atoms with Gasteiger partial charge in [-0.05, 0) is 90.1 Å². The van der Waals surface area contributed by atoms with Crippen LogP contribution in [0.3, 0.4) is 0 Å². The lowest BCUT2D eigenvalue weighted by Gasteiger charge is -2.33. The van der Waals surface area contributed by atoms with Gasteiger partial charge in [-0.1, -0.05) is 17.7 Å². The molecular formula is C25H35ClN4O4S. The largest absolute Gasteiger partial charge is 0.444 e. The molecule has 2 aromatic rings. The van der Waals surface area contributed by atoms with Crippen LogP contribution in [0.25, 0.3) is 0 Å². The summed E-state index contributed by atoms with van der Waals surface area (Å²) in [6.07, 6.45) is 3.71. The predicted octanol–water partition coefficient (Wildman–Crippen LogP) is 5.35. The number of ether oxygens (including phenoxy) is 1. The normalized spacial score (nSPS) is 18.8. The molecule has 0 bridgehead atoms. The highest BCUT2D eigenvalue weighted by Crippen LogP contribution is 2.38. The Labute approximate surface area is 213 Å². The number of halogens is 1. The Balaban J connectivity index is 1.75. The molecule has 1 saturated heterocycles. The standard InChI is InChI=1S/C25H35ClN4O4S/c1-24(2,3)34-23(31)30-16-17(14-25(30,4)5)9-11-22(21-12-10-18(26)15-28-21)29-19-7-6-8-20(13-19)35(27,32)33/h6-8,10,12-13,15,17,22,29H,9,11,14,16H2,1-5H3,(H2,27,32,33)/t17-,22?/m0/s1. The number of amides is 1. The number of benzene rings is 1. The Kier molecular flexibility index (Phi) is 8.03. The second-order valence-corrected chi connectivity index (χ2v) is 12.7. The van der Waals surface area contributed by atoms with Crippen molar-refractivity contribution < 1.29 is 17.9 Å². The summed E-state index contributed by atoms with van der Waals surface area (Å²) in [5.74, 6) is 0.282. The van der Waals surface area contributed by atoms with Gasteiger partial charge in [-0.25, -0.2) is 18.4 Å². The summed E-state index contributed by atoms with van der Waals surface area (Å²) >= 11 is 6.04.